The van der Waals surface area contributed by atoms with Crippen molar-refractivity contribution < 1.29 is 14.3 Å². The summed E-state index contributed by atoms with van der Waals surface area (Å²) in [5.74, 6) is 0.925. The second-order valence-electron chi connectivity index (χ2n) is 6.69. The third-order valence-electron chi connectivity index (χ3n) is 4.65. The van der Waals surface area contributed by atoms with Crippen molar-refractivity contribution in [3.8, 4) is 5.75 Å². The van der Waals surface area contributed by atoms with Gasteiger partial charge in [0.25, 0.3) is 5.91 Å². The Kier molecular flexibility index (Phi) is 5.48. The lowest BCUT2D eigenvalue weighted by atomic mass is 10.1. The maximum absolute atomic E-state index is 12.6. The van der Waals surface area contributed by atoms with Crippen molar-refractivity contribution in [2.24, 2.45) is 0 Å². The highest BCUT2D eigenvalue weighted by atomic mass is 32.1. The predicted octanol–water partition coefficient (Wildman–Crippen LogP) is 3.86. The minimum atomic E-state index is 0.0225. The average Bonchev–Trinajstić information content (AvgIpc) is 3.19. The van der Waals surface area contributed by atoms with Crippen LogP contribution in [-0.2, 0) is 6.42 Å². The molecule has 0 atom stereocenters. The van der Waals surface area contributed by atoms with E-state index < -0.39 is 0 Å². The molecule has 0 spiro atoms. The van der Waals surface area contributed by atoms with Crippen LogP contribution >= 0.6 is 11.3 Å². The van der Waals surface area contributed by atoms with Gasteiger partial charge in [0.2, 0.25) is 0 Å². The van der Waals surface area contributed by atoms with Gasteiger partial charge >= 0.3 is 0 Å². The van der Waals surface area contributed by atoms with E-state index in [0.717, 1.165) is 16.2 Å². The van der Waals surface area contributed by atoms with Gasteiger partial charge in [-0.15, -0.1) is 11.3 Å². The fraction of sp³-hybridized carbons (Fsp3) is 0.227. The van der Waals surface area contributed by atoms with E-state index in [1.54, 1.807) is 17.3 Å². The standard InChI is InChI=1S/C22H20N2O3S/c25-20(16-4-2-1-3-5-16)8-6-19-7-9-21(28-19)22(26)24-14-18(15-24)27-17-10-12-23-13-11-17/h1-5,7,9-13,18H,6,8,14-15H2. The third kappa shape index (κ3) is 4.28. The van der Waals surface area contributed by atoms with E-state index in [9.17, 15) is 9.59 Å². The van der Waals surface area contributed by atoms with E-state index in [2.05, 4.69) is 4.98 Å². The van der Waals surface area contributed by atoms with E-state index in [-0.39, 0.29) is 17.8 Å². The van der Waals surface area contributed by atoms with Crippen LogP contribution in [0.25, 0.3) is 0 Å². The van der Waals surface area contributed by atoms with Crippen molar-refractivity contribution in [3.05, 3.63) is 82.3 Å². The molecule has 1 aliphatic heterocycles. The topological polar surface area (TPSA) is 59.5 Å². The monoisotopic (exact) mass is 392 g/mol. The molecule has 0 N–H and O–H groups in total. The van der Waals surface area contributed by atoms with Crippen LogP contribution in [0.5, 0.6) is 5.75 Å². The molecule has 1 aromatic carbocycles. The van der Waals surface area contributed by atoms with Crippen LogP contribution in [0, 0.1) is 0 Å². The molecule has 1 saturated heterocycles. The van der Waals surface area contributed by atoms with Crippen molar-refractivity contribution in [1.82, 2.24) is 9.88 Å². The SMILES string of the molecule is O=C(CCc1ccc(C(=O)N2CC(Oc3ccncc3)C2)s1)c1ccccc1. The van der Waals surface area contributed by atoms with Crippen molar-refractivity contribution in [2.75, 3.05) is 13.1 Å². The van der Waals surface area contributed by atoms with Crippen LogP contribution in [0.15, 0.2) is 67.0 Å². The van der Waals surface area contributed by atoms with Gasteiger partial charge in [-0.05, 0) is 30.7 Å². The van der Waals surface area contributed by atoms with Gasteiger partial charge in [-0.3, -0.25) is 14.6 Å². The second kappa shape index (κ2) is 8.35. The smallest absolute Gasteiger partial charge is 0.264 e. The van der Waals surface area contributed by atoms with Crippen LogP contribution in [0.3, 0.4) is 0 Å². The number of aromatic nitrogens is 1. The Morgan fingerprint density at radius 2 is 1.79 bits per heavy atom. The molecule has 2 aromatic heterocycles. The lowest BCUT2D eigenvalue weighted by Gasteiger charge is -2.38. The van der Waals surface area contributed by atoms with Crippen molar-refractivity contribution in [1.29, 1.82) is 0 Å². The number of rotatable bonds is 7. The van der Waals surface area contributed by atoms with Gasteiger partial charge < -0.3 is 9.64 Å². The van der Waals surface area contributed by atoms with Crippen molar-refractivity contribution >= 4 is 23.0 Å². The Bertz CT molecular complexity index is 950. The van der Waals surface area contributed by atoms with Crippen LogP contribution in [0.4, 0.5) is 0 Å². The molecule has 6 heteroatoms. The van der Waals surface area contributed by atoms with Crippen molar-refractivity contribution in [2.45, 2.75) is 18.9 Å². The highest BCUT2D eigenvalue weighted by Crippen LogP contribution is 2.24. The Hall–Kier alpha value is -2.99. The number of Topliss-reactive ketones (excluding diaryl/α,β-unsaturated/α-hetero) is 1. The summed E-state index contributed by atoms with van der Waals surface area (Å²) in [6, 6.07) is 16.7. The number of thiophene rings is 1. The highest BCUT2D eigenvalue weighted by molar-refractivity contribution is 7.14. The zero-order valence-corrected chi connectivity index (χ0v) is 16.1. The molecule has 28 heavy (non-hydrogen) atoms. The lowest BCUT2D eigenvalue weighted by molar-refractivity contribution is 0.0181. The maximum Gasteiger partial charge on any atom is 0.264 e. The number of nitrogens with zero attached hydrogens (tertiary/aromatic N) is 2. The molecular formula is C22H20N2O3S. The summed E-state index contributed by atoms with van der Waals surface area (Å²) in [5.41, 5.74) is 0.733. The summed E-state index contributed by atoms with van der Waals surface area (Å²) in [7, 11) is 0. The number of aryl methyl sites for hydroxylation is 1. The largest absolute Gasteiger partial charge is 0.487 e. The zero-order valence-electron chi connectivity index (χ0n) is 15.3. The lowest BCUT2D eigenvalue weighted by Crippen LogP contribution is -2.56. The highest BCUT2D eigenvalue weighted by Gasteiger charge is 2.33. The Morgan fingerprint density at radius 3 is 2.54 bits per heavy atom. The molecule has 3 heterocycles. The van der Waals surface area contributed by atoms with Gasteiger partial charge in [-0.25, -0.2) is 0 Å². The number of carbonyl (C=O) groups is 2. The molecule has 142 valence electrons. The summed E-state index contributed by atoms with van der Waals surface area (Å²) < 4.78 is 5.81. The van der Waals surface area contributed by atoms with Gasteiger partial charge in [-0.2, -0.15) is 0 Å². The molecular weight excluding hydrogens is 372 g/mol. The van der Waals surface area contributed by atoms with Gasteiger partial charge in [-0.1, -0.05) is 30.3 Å². The third-order valence-corrected chi connectivity index (χ3v) is 5.79. The second-order valence-corrected chi connectivity index (χ2v) is 7.86. The van der Waals surface area contributed by atoms with Gasteiger partial charge in [0.1, 0.15) is 11.9 Å². The van der Waals surface area contributed by atoms with E-state index >= 15 is 0 Å². The Balaban J connectivity index is 1.26. The Morgan fingerprint density at radius 1 is 1.04 bits per heavy atom. The number of benzene rings is 1. The first kappa shape index (κ1) is 18.4. The first-order valence-corrected chi connectivity index (χ1v) is 10.0. The molecule has 1 fully saturated rings. The van der Waals surface area contributed by atoms with Crippen LogP contribution in [0.2, 0.25) is 0 Å². The van der Waals surface area contributed by atoms with E-state index in [4.69, 9.17) is 4.74 Å². The number of pyridine rings is 1. The zero-order chi connectivity index (χ0) is 19.3. The first-order valence-electron chi connectivity index (χ1n) is 9.22. The fourth-order valence-corrected chi connectivity index (χ4v) is 4.05. The normalized spacial score (nSPS) is 13.8. The molecule has 3 aromatic rings. The molecule has 0 unspecified atom stereocenters. The minimum Gasteiger partial charge on any atom is -0.487 e. The molecule has 0 saturated carbocycles. The predicted molar refractivity (Wildman–Crippen MR) is 108 cm³/mol. The molecule has 0 radical (unpaired) electrons. The van der Waals surface area contributed by atoms with Crippen LogP contribution in [0.1, 0.15) is 31.3 Å². The number of amides is 1. The first-order chi connectivity index (χ1) is 13.7. The number of ether oxygens (including phenoxy) is 1. The molecule has 1 amide bonds. The average molecular weight is 392 g/mol. The summed E-state index contributed by atoms with van der Waals surface area (Å²) in [5, 5.41) is 0. The van der Waals surface area contributed by atoms with E-state index in [1.807, 2.05) is 54.6 Å². The maximum atomic E-state index is 12.6. The molecule has 0 bridgehead atoms. The van der Waals surface area contributed by atoms with Crippen LogP contribution in [-0.4, -0.2) is 40.8 Å². The fourth-order valence-electron chi connectivity index (χ4n) is 3.08. The minimum absolute atomic E-state index is 0.0225. The van der Waals surface area contributed by atoms with Gasteiger partial charge in [0, 0.05) is 29.3 Å². The van der Waals surface area contributed by atoms with Gasteiger partial charge in [0.15, 0.2) is 5.78 Å². The molecule has 1 aliphatic rings. The van der Waals surface area contributed by atoms with E-state index in [0.29, 0.717) is 30.8 Å². The van der Waals surface area contributed by atoms with Gasteiger partial charge in [0.05, 0.1) is 18.0 Å². The molecule has 5 nitrogen and oxygen atoms in total. The van der Waals surface area contributed by atoms with Crippen LogP contribution < -0.4 is 4.74 Å². The quantitative estimate of drug-likeness (QED) is 0.573. The number of carbonyl (C=O) groups excluding carboxylic acids is 2. The number of likely N-dealkylation sites (tertiary alicyclic amines) is 1. The summed E-state index contributed by atoms with van der Waals surface area (Å²) >= 11 is 1.47. The summed E-state index contributed by atoms with van der Waals surface area (Å²) in [6.45, 7) is 1.17. The summed E-state index contributed by atoms with van der Waals surface area (Å²) in [4.78, 5) is 32.3. The molecule has 0 aliphatic carbocycles. The summed E-state index contributed by atoms with van der Waals surface area (Å²) in [6.07, 6.45) is 4.50. The number of hydrogen-bond acceptors (Lipinski definition) is 5. The van der Waals surface area contributed by atoms with Crippen molar-refractivity contribution in [3.63, 3.8) is 0 Å². The molecule has 4 rings (SSSR count). The number of ketones is 1. The number of hydrogen-bond donors (Lipinski definition) is 0. The van der Waals surface area contributed by atoms with E-state index in [1.165, 1.54) is 11.3 Å². The Labute approximate surface area is 167 Å².